The predicted octanol–water partition coefficient (Wildman–Crippen LogP) is 5.21. The van der Waals surface area contributed by atoms with Crippen LogP contribution in [0.5, 0.6) is 0 Å². The zero-order chi connectivity index (χ0) is 20.8. The van der Waals surface area contributed by atoms with E-state index in [0.717, 1.165) is 49.4 Å². The van der Waals surface area contributed by atoms with Crippen molar-refractivity contribution < 1.29 is 4.79 Å². The van der Waals surface area contributed by atoms with Gasteiger partial charge in [-0.25, -0.2) is 0 Å². The van der Waals surface area contributed by atoms with Crippen molar-refractivity contribution in [2.24, 2.45) is 5.92 Å². The number of likely N-dealkylation sites (N-methyl/N-ethyl adjacent to an activating group) is 1. The highest BCUT2D eigenvalue weighted by Crippen LogP contribution is 2.52. The summed E-state index contributed by atoms with van der Waals surface area (Å²) in [7, 11) is 2.10. The van der Waals surface area contributed by atoms with Crippen molar-refractivity contribution in [2.45, 2.75) is 18.4 Å². The van der Waals surface area contributed by atoms with Crippen LogP contribution in [-0.4, -0.2) is 48.9 Å². The van der Waals surface area contributed by atoms with Crippen LogP contribution in [0.3, 0.4) is 0 Å². The van der Waals surface area contributed by atoms with Gasteiger partial charge in [0, 0.05) is 47.7 Å². The lowest BCUT2D eigenvalue weighted by atomic mass is 9.76. The van der Waals surface area contributed by atoms with Crippen LogP contribution in [-0.2, 0) is 0 Å². The summed E-state index contributed by atoms with van der Waals surface area (Å²) < 4.78 is 0. The van der Waals surface area contributed by atoms with Crippen LogP contribution >= 0.6 is 23.2 Å². The lowest BCUT2D eigenvalue weighted by Crippen LogP contribution is -2.47. The molecule has 0 bridgehead atoms. The van der Waals surface area contributed by atoms with Crippen molar-refractivity contribution in [3.63, 3.8) is 0 Å². The van der Waals surface area contributed by atoms with E-state index in [0.29, 0.717) is 16.0 Å². The fourth-order valence-corrected chi connectivity index (χ4v) is 5.71. The summed E-state index contributed by atoms with van der Waals surface area (Å²) in [6.45, 7) is 3.31. The second-order valence-corrected chi connectivity index (χ2v) is 9.29. The first-order valence-electron chi connectivity index (χ1n) is 10.5. The fourth-order valence-electron chi connectivity index (χ4n) is 5.07. The first-order chi connectivity index (χ1) is 14.5. The predicted molar refractivity (Wildman–Crippen MR) is 123 cm³/mol. The van der Waals surface area contributed by atoms with Crippen LogP contribution in [0.1, 0.15) is 39.9 Å². The van der Waals surface area contributed by atoms with E-state index in [9.17, 15) is 4.79 Å². The number of halogens is 2. The van der Waals surface area contributed by atoms with Crippen molar-refractivity contribution >= 4 is 34.8 Å². The van der Waals surface area contributed by atoms with Gasteiger partial charge in [0.25, 0.3) is 5.91 Å². The van der Waals surface area contributed by atoms with Crippen molar-refractivity contribution in [3.8, 4) is 0 Å². The summed E-state index contributed by atoms with van der Waals surface area (Å²) in [5, 5.41) is 5.02. The molecule has 3 aliphatic rings. The number of amides is 1. The monoisotopic (exact) mass is 441 g/mol. The van der Waals surface area contributed by atoms with Gasteiger partial charge in [-0.05, 0) is 43.1 Å². The minimum Gasteiger partial charge on any atom is -0.377 e. The number of carbonyl (C=O) groups excluding carboxylic acids is 1. The zero-order valence-corrected chi connectivity index (χ0v) is 18.5. The van der Waals surface area contributed by atoms with E-state index >= 15 is 0 Å². The summed E-state index contributed by atoms with van der Waals surface area (Å²) in [5.41, 5.74) is 3.78. The topological polar surface area (TPSA) is 35.6 Å². The van der Waals surface area contributed by atoms with E-state index in [1.54, 1.807) is 0 Å². The molecule has 0 radical (unpaired) electrons. The standard InChI is InChI=1S/C24H25Cl2N3O/c1-28-11-13-29(14-12-28)24(30)18-8-3-6-16-15-5-2-7-17(15)23(27-22(16)18)21-19(25)9-4-10-20(21)26/h2-6,8-10,15,17,23,27H,7,11-14H2,1H3. The molecule has 1 saturated heterocycles. The Kier molecular flexibility index (Phi) is 5.26. The highest BCUT2D eigenvalue weighted by atomic mass is 35.5. The van der Waals surface area contributed by atoms with Gasteiger partial charge in [-0.2, -0.15) is 0 Å². The van der Waals surface area contributed by atoms with Gasteiger partial charge >= 0.3 is 0 Å². The molecule has 0 aromatic heterocycles. The molecule has 0 saturated carbocycles. The summed E-state index contributed by atoms with van der Waals surface area (Å²) in [6, 6.07) is 11.7. The van der Waals surface area contributed by atoms with E-state index in [4.69, 9.17) is 23.2 Å². The van der Waals surface area contributed by atoms with Crippen molar-refractivity contribution in [2.75, 3.05) is 38.5 Å². The lowest BCUT2D eigenvalue weighted by Gasteiger charge is -2.40. The Hall–Kier alpha value is -2.01. The van der Waals surface area contributed by atoms with Crippen LogP contribution in [0, 0.1) is 5.92 Å². The summed E-state index contributed by atoms with van der Waals surface area (Å²) in [4.78, 5) is 17.7. The quantitative estimate of drug-likeness (QED) is 0.649. The third kappa shape index (κ3) is 3.31. The van der Waals surface area contributed by atoms with E-state index in [1.165, 1.54) is 5.56 Å². The number of rotatable bonds is 2. The number of anilines is 1. The molecule has 1 aliphatic carbocycles. The average molecular weight is 442 g/mol. The van der Waals surface area contributed by atoms with E-state index in [2.05, 4.69) is 35.5 Å². The maximum Gasteiger partial charge on any atom is 0.256 e. The van der Waals surface area contributed by atoms with Crippen LogP contribution in [0.2, 0.25) is 10.0 Å². The van der Waals surface area contributed by atoms with Gasteiger partial charge in [-0.1, -0.05) is 53.6 Å². The summed E-state index contributed by atoms with van der Waals surface area (Å²) in [6.07, 6.45) is 5.46. The van der Waals surface area contributed by atoms with Gasteiger partial charge < -0.3 is 15.1 Å². The first kappa shape index (κ1) is 19.9. The molecule has 3 unspecified atom stereocenters. The smallest absolute Gasteiger partial charge is 0.256 e. The van der Waals surface area contributed by atoms with Crippen LogP contribution in [0.4, 0.5) is 5.69 Å². The number of hydrogen-bond donors (Lipinski definition) is 1. The van der Waals surface area contributed by atoms with Gasteiger partial charge in [-0.3, -0.25) is 4.79 Å². The summed E-state index contributed by atoms with van der Waals surface area (Å²) >= 11 is 13.2. The number of nitrogens with zero attached hydrogens (tertiary/aromatic N) is 2. The molecule has 6 heteroatoms. The molecule has 156 valence electrons. The van der Waals surface area contributed by atoms with Crippen LogP contribution < -0.4 is 5.32 Å². The molecule has 5 rings (SSSR count). The SMILES string of the molecule is CN1CCN(C(=O)c2cccc3c2NC(c2c(Cl)cccc2Cl)C2CC=CC32)CC1. The maximum atomic E-state index is 13.4. The molecule has 2 aromatic rings. The van der Waals surface area contributed by atoms with Crippen molar-refractivity contribution in [1.29, 1.82) is 0 Å². The minimum atomic E-state index is -0.0415. The molecule has 3 atom stereocenters. The third-order valence-corrected chi connectivity index (χ3v) is 7.39. The molecule has 2 aromatic carbocycles. The summed E-state index contributed by atoms with van der Waals surface area (Å²) in [5.74, 6) is 0.666. The number of carbonyl (C=O) groups is 1. The fraction of sp³-hybridized carbons (Fsp3) is 0.375. The van der Waals surface area contributed by atoms with Gasteiger partial charge in [0.05, 0.1) is 17.3 Å². The van der Waals surface area contributed by atoms with Gasteiger partial charge in [-0.15, -0.1) is 0 Å². The highest BCUT2D eigenvalue weighted by molar-refractivity contribution is 6.36. The molecule has 4 nitrogen and oxygen atoms in total. The van der Waals surface area contributed by atoms with Gasteiger partial charge in [0.2, 0.25) is 0 Å². The second kappa shape index (κ2) is 7.92. The molecule has 2 aliphatic heterocycles. The molecule has 1 fully saturated rings. The third-order valence-electron chi connectivity index (χ3n) is 6.73. The Balaban J connectivity index is 1.56. The average Bonchev–Trinajstić information content (AvgIpc) is 3.24. The number of allylic oxidation sites excluding steroid dienone is 2. The van der Waals surface area contributed by atoms with Crippen molar-refractivity contribution in [1.82, 2.24) is 9.80 Å². The lowest BCUT2D eigenvalue weighted by molar-refractivity contribution is 0.0664. The molecule has 1 amide bonds. The van der Waals surface area contributed by atoms with Crippen LogP contribution in [0.25, 0.3) is 0 Å². The number of hydrogen-bond acceptors (Lipinski definition) is 3. The van der Waals surface area contributed by atoms with E-state index in [-0.39, 0.29) is 17.9 Å². The molecule has 0 spiro atoms. The molecule has 1 N–H and O–H groups in total. The minimum absolute atomic E-state index is 0.0415. The normalized spacial score (nSPS) is 25.6. The number of piperazine rings is 1. The number of fused-ring (bicyclic) bond motifs is 3. The van der Waals surface area contributed by atoms with Gasteiger partial charge in [0.15, 0.2) is 0 Å². The number of para-hydroxylation sites is 1. The Labute approximate surface area is 187 Å². The van der Waals surface area contributed by atoms with E-state index < -0.39 is 0 Å². The Morgan fingerprint density at radius 3 is 2.47 bits per heavy atom. The zero-order valence-electron chi connectivity index (χ0n) is 16.9. The number of benzene rings is 2. The molecular weight excluding hydrogens is 417 g/mol. The van der Waals surface area contributed by atoms with Crippen LogP contribution in [0.15, 0.2) is 48.6 Å². The second-order valence-electron chi connectivity index (χ2n) is 8.48. The highest BCUT2D eigenvalue weighted by Gasteiger charge is 2.41. The largest absolute Gasteiger partial charge is 0.377 e. The maximum absolute atomic E-state index is 13.4. The Morgan fingerprint density at radius 2 is 1.73 bits per heavy atom. The first-order valence-corrected chi connectivity index (χ1v) is 11.3. The van der Waals surface area contributed by atoms with Crippen molar-refractivity contribution in [3.05, 3.63) is 75.3 Å². The van der Waals surface area contributed by atoms with Gasteiger partial charge in [0.1, 0.15) is 0 Å². The number of nitrogens with one attached hydrogen (secondary N) is 1. The van der Waals surface area contributed by atoms with E-state index in [1.807, 2.05) is 35.2 Å². The molecule has 2 heterocycles. The molecular formula is C24H25Cl2N3O. The Bertz CT molecular complexity index is 993. The Morgan fingerprint density at radius 1 is 1.03 bits per heavy atom. The molecule has 30 heavy (non-hydrogen) atoms.